The molecule has 3 aromatic rings. The number of aryl methyl sites for hydroxylation is 2. The van der Waals surface area contributed by atoms with Gasteiger partial charge in [0.25, 0.3) is 0 Å². The van der Waals surface area contributed by atoms with Crippen LogP contribution in [-0.2, 0) is 17.6 Å². The van der Waals surface area contributed by atoms with E-state index in [0.717, 1.165) is 23.1 Å². The Morgan fingerprint density at radius 3 is 3.00 bits per heavy atom. The molecule has 0 radical (unpaired) electrons. The predicted molar refractivity (Wildman–Crippen MR) is 78.8 cm³/mol. The summed E-state index contributed by atoms with van der Waals surface area (Å²) in [5, 5.41) is 6.05. The molecule has 0 fully saturated rings. The Morgan fingerprint density at radius 1 is 1.32 bits per heavy atom. The monoisotopic (exact) mass is 268 g/mol. The molecule has 2 aromatic carbocycles. The molecule has 0 saturated heterocycles. The number of nitrogens with one attached hydrogen (secondary N) is 1. The van der Waals surface area contributed by atoms with Crippen molar-refractivity contribution in [2.24, 2.45) is 0 Å². The number of hydrogen-bond donors (Lipinski definition) is 1. The molecule has 4 rings (SSSR count). The zero-order chi connectivity index (χ0) is 13.0. The average Bonchev–Trinajstić information content (AvgIpc) is 2.94. The molecule has 1 amide bonds. The fourth-order valence-corrected chi connectivity index (χ4v) is 3.90. The molecule has 1 aliphatic carbocycles. The minimum atomic E-state index is -0.0728. The molecule has 1 N–H and O–H groups in total. The molecular weight excluding hydrogens is 256 g/mol. The first kappa shape index (κ1) is 10.9. The van der Waals surface area contributed by atoms with E-state index in [4.69, 9.17) is 0 Å². The van der Waals surface area contributed by atoms with E-state index < -0.39 is 0 Å². The summed E-state index contributed by atoms with van der Waals surface area (Å²) in [5.41, 5.74) is 3.84. The Bertz CT molecular complexity index is 835. The van der Waals surface area contributed by atoms with Gasteiger partial charge in [0, 0.05) is 12.3 Å². The Labute approximate surface area is 114 Å². The van der Waals surface area contributed by atoms with Crippen LogP contribution >= 0.6 is 11.3 Å². The van der Waals surface area contributed by atoms with E-state index in [9.17, 15) is 4.79 Å². The lowest BCUT2D eigenvalue weighted by atomic mass is 10.0. The van der Waals surface area contributed by atoms with Gasteiger partial charge >= 0.3 is 0 Å². The molecular formula is C15H12N2OS. The number of benzene rings is 2. The summed E-state index contributed by atoms with van der Waals surface area (Å²) in [4.78, 5) is 15.7. The number of rotatable bonds is 1. The van der Waals surface area contributed by atoms with Gasteiger partial charge in [-0.1, -0.05) is 29.5 Å². The van der Waals surface area contributed by atoms with Crippen LogP contribution in [0.1, 0.15) is 18.1 Å². The van der Waals surface area contributed by atoms with E-state index in [1.54, 1.807) is 11.3 Å². The highest BCUT2D eigenvalue weighted by molar-refractivity contribution is 7.22. The zero-order valence-electron chi connectivity index (χ0n) is 10.5. The van der Waals surface area contributed by atoms with Crippen LogP contribution < -0.4 is 5.32 Å². The van der Waals surface area contributed by atoms with Crippen LogP contribution in [0.4, 0.5) is 5.13 Å². The Balaban J connectivity index is 2.06. The van der Waals surface area contributed by atoms with Gasteiger partial charge in [-0.25, -0.2) is 4.98 Å². The molecule has 0 bridgehead atoms. The minimum Gasteiger partial charge on any atom is -0.302 e. The third-order valence-corrected chi connectivity index (χ3v) is 4.55. The Hall–Kier alpha value is -1.94. The van der Waals surface area contributed by atoms with E-state index in [2.05, 4.69) is 34.6 Å². The van der Waals surface area contributed by atoms with E-state index >= 15 is 0 Å². The molecule has 1 aliphatic rings. The van der Waals surface area contributed by atoms with Crippen LogP contribution in [0.15, 0.2) is 24.3 Å². The molecule has 3 nitrogen and oxygen atoms in total. The third kappa shape index (κ3) is 1.56. The normalized spacial score (nSPS) is 13.3. The topological polar surface area (TPSA) is 42.0 Å². The van der Waals surface area contributed by atoms with Gasteiger partial charge in [-0.3, -0.25) is 4.79 Å². The van der Waals surface area contributed by atoms with Crippen molar-refractivity contribution in [3.05, 3.63) is 35.4 Å². The zero-order valence-corrected chi connectivity index (χ0v) is 11.3. The summed E-state index contributed by atoms with van der Waals surface area (Å²) in [5.74, 6) is -0.0728. The number of hydrogen-bond acceptors (Lipinski definition) is 3. The predicted octanol–water partition coefficient (Wildman–Crippen LogP) is 3.51. The molecule has 94 valence electrons. The van der Waals surface area contributed by atoms with Crippen LogP contribution in [0.3, 0.4) is 0 Å². The summed E-state index contributed by atoms with van der Waals surface area (Å²) in [6.45, 7) is 1.51. The van der Waals surface area contributed by atoms with Gasteiger partial charge < -0.3 is 5.32 Å². The second-order valence-corrected chi connectivity index (χ2v) is 5.95. The van der Waals surface area contributed by atoms with Crippen molar-refractivity contribution >= 4 is 43.4 Å². The molecule has 0 saturated carbocycles. The second kappa shape index (κ2) is 3.78. The molecule has 0 aliphatic heterocycles. The summed E-state index contributed by atoms with van der Waals surface area (Å²) in [6.07, 6.45) is 2.24. The summed E-state index contributed by atoms with van der Waals surface area (Å²) >= 11 is 1.55. The van der Waals surface area contributed by atoms with Crippen LogP contribution in [0.25, 0.3) is 21.0 Å². The smallest absolute Gasteiger partial charge is 0.223 e. The van der Waals surface area contributed by atoms with Gasteiger partial charge in [-0.2, -0.15) is 0 Å². The number of nitrogens with zero attached hydrogens (tertiary/aromatic N) is 1. The van der Waals surface area contributed by atoms with Crippen LogP contribution in [0.5, 0.6) is 0 Å². The number of aromatic nitrogens is 1. The fourth-order valence-electron chi connectivity index (χ4n) is 2.91. The number of carbonyl (C=O) groups excluding carboxylic acids is 1. The highest BCUT2D eigenvalue weighted by Crippen LogP contribution is 2.38. The van der Waals surface area contributed by atoms with Crippen molar-refractivity contribution < 1.29 is 4.79 Å². The molecule has 1 aromatic heterocycles. The van der Waals surface area contributed by atoms with Crippen molar-refractivity contribution in [3.63, 3.8) is 0 Å². The van der Waals surface area contributed by atoms with Gasteiger partial charge in [-0.15, -0.1) is 0 Å². The summed E-state index contributed by atoms with van der Waals surface area (Å²) < 4.78 is 1.16. The number of carbonyl (C=O) groups is 1. The first-order chi connectivity index (χ1) is 9.22. The Kier molecular flexibility index (Phi) is 2.17. The summed E-state index contributed by atoms with van der Waals surface area (Å²) in [7, 11) is 0. The highest BCUT2D eigenvalue weighted by atomic mass is 32.1. The van der Waals surface area contributed by atoms with Crippen molar-refractivity contribution in [2.45, 2.75) is 19.8 Å². The minimum absolute atomic E-state index is 0.0728. The van der Waals surface area contributed by atoms with Crippen LogP contribution in [0.2, 0.25) is 0 Å². The molecule has 0 atom stereocenters. The van der Waals surface area contributed by atoms with Gasteiger partial charge in [0.15, 0.2) is 5.13 Å². The lowest BCUT2D eigenvalue weighted by Gasteiger charge is -2.02. The van der Waals surface area contributed by atoms with E-state index in [0.29, 0.717) is 5.13 Å². The number of thiazole rings is 1. The molecule has 19 heavy (non-hydrogen) atoms. The first-order valence-corrected chi connectivity index (χ1v) is 7.15. The second-order valence-electron chi connectivity index (χ2n) is 4.92. The molecule has 4 heteroatoms. The standard InChI is InChI=1S/C15H12N2OS/c1-8(18)16-15-17-14-11-4-2-3-9-5-6-10(13(9)11)7-12(14)19-15/h2-4,7H,5-6H2,1H3,(H,16,17,18). The maximum Gasteiger partial charge on any atom is 0.223 e. The van der Waals surface area contributed by atoms with E-state index in [1.807, 2.05) is 0 Å². The lowest BCUT2D eigenvalue weighted by molar-refractivity contribution is -0.114. The third-order valence-electron chi connectivity index (χ3n) is 3.63. The largest absolute Gasteiger partial charge is 0.302 e. The first-order valence-electron chi connectivity index (χ1n) is 6.34. The van der Waals surface area contributed by atoms with E-state index in [-0.39, 0.29) is 5.91 Å². The maximum atomic E-state index is 11.1. The molecule has 1 heterocycles. The van der Waals surface area contributed by atoms with Crippen molar-refractivity contribution in [2.75, 3.05) is 5.32 Å². The van der Waals surface area contributed by atoms with Crippen molar-refractivity contribution in [3.8, 4) is 0 Å². The number of amides is 1. The average molecular weight is 268 g/mol. The van der Waals surface area contributed by atoms with Gasteiger partial charge in [0.1, 0.15) is 0 Å². The van der Waals surface area contributed by atoms with E-state index in [1.165, 1.54) is 28.8 Å². The highest BCUT2D eigenvalue weighted by Gasteiger charge is 2.18. The van der Waals surface area contributed by atoms with Gasteiger partial charge in [-0.05, 0) is 35.4 Å². The lowest BCUT2D eigenvalue weighted by Crippen LogP contribution is -2.04. The molecule has 0 spiro atoms. The van der Waals surface area contributed by atoms with Crippen molar-refractivity contribution in [1.82, 2.24) is 4.98 Å². The SMILES string of the molecule is CC(=O)Nc1nc2c(cc3c4c(cccc42)CC3)s1. The summed E-state index contributed by atoms with van der Waals surface area (Å²) in [6, 6.07) is 8.67. The number of anilines is 1. The quantitative estimate of drug-likeness (QED) is 0.734. The molecule has 0 unspecified atom stereocenters. The fraction of sp³-hybridized carbons (Fsp3) is 0.200. The Morgan fingerprint density at radius 2 is 2.16 bits per heavy atom. The van der Waals surface area contributed by atoms with Gasteiger partial charge in [0.2, 0.25) is 5.91 Å². The van der Waals surface area contributed by atoms with Crippen LogP contribution in [-0.4, -0.2) is 10.9 Å². The van der Waals surface area contributed by atoms with Crippen LogP contribution in [0, 0.1) is 0 Å². The number of fused-ring (bicyclic) bond motifs is 2. The van der Waals surface area contributed by atoms with Crippen molar-refractivity contribution in [1.29, 1.82) is 0 Å². The maximum absolute atomic E-state index is 11.1. The van der Waals surface area contributed by atoms with Gasteiger partial charge in [0.05, 0.1) is 10.2 Å².